The van der Waals surface area contributed by atoms with Crippen molar-refractivity contribution in [3.63, 3.8) is 0 Å². The first-order chi connectivity index (χ1) is 23.3. The van der Waals surface area contributed by atoms with Gasteiger partial charge in [-0.15, -0.1) is 0 Å². The Labute approximate surface area is 284 Å². The summed E-state index contributed by atoms with van der Waals surface area (Å²) in [7, 11) is -4.24. The topological polar surface area (TPSA) is 96.0 Å². The van der Waals surface area contributed by atoms with E-state index < -0.39 is 28.5 Å². The van der Waals surface area contributed by atoms with Crippen molar-refractivity contribution in [3.8, 4) is 5.75 Å². The van der Waals surface area contributed by atoms with E-state index in [1.165, 1.54) is 0 Å². The Bertz CT molecular complexity index is 1740. The first-order valence-corrected chi connectivity index (χ1v) is 18.2. The summed E-state index contributed by atoms with van der Waals surface area (Å²) >= 11 is 0. The summed E-state index contributed by atoms with van der Waals surface area (Å²) in [6.45, 7) is 3.61. The van der Waals surface area contributed by atoms with Gasteiger partial charge in [0.05, 0.1) is 17.2 Å². The number of ether oxygens (including phenoxy) is 1. The molecular formula is C39H45N3O5S. The smallest absolute Gasteiger partial charge is 0.264 e. The van der Waals surface area contributed by atoms with Gasteiger partial charge in [0.15, 0.2) is 0 Å². The first-order valence-electron chi connectivity index (χ1n) is 16.7. The zero-order chi connectivity index (χ0) is 33.9. The fraction of sp³-hybridized carbons (Fsp3) is 0.333. The predicted molar refractivity (Wildman–Crippen MR) is 189 cm³/mol. The maximum atomic E-state index is 14.8. The molecule has 48 heavy (non-hydrogen) atoms. The Balaban J connectivity index is 1.58. The molecule has 0 radical (unpaired) electrons. The van der Waals surface area contributed by atoms with Crippen molar-refractivity contribution < 1.29 is 22.7 Å². The van der Waals surface area contributed by atoms with Crippen LogP contribution in [-0.4, -0.2) is 50.4 Å². The van der Waals surface area contributed by atoms with E-state index in [9.17, 15) is 18.0 Å². The van der Waals surface area contributed by atoms with Gasteiger partial charge >= 0.3 is 0 Å². The molecule has 0 saturated heterocycles. The highest BCUT2D eigenvalue weighted by Crippen LogP contribution is 2.33. The van der Waals surface area contributed by atoms with E-state index >= 15 is 0 Å². The molecule has 1 N–H and O–H groups in total. The lowest BCUT2D eigenvalue weighted by molar-refractivity contribution is -0.140. The second-order valence-corrected chi connectivity index (χ2v) is 14.1. The van der Waals surface area contributed by atoms with Crippen LogP contribution in [0.15, 0.2) is 114 Å². The summed E-state index contributed by atoms with van der Waals surface area (Å²) in [5.74, 6) is -0.396. The highest BCUT2D eigenvalue weighted by atomic mass is 32.2. The van der Waals surface area contributed by atoms with Gasteiger partial charge in [-0.2, -0.15) is 0 Å². The SMILES string of the molecule is CCOc1ccccc1N(CC(=O)N(Cc1ccccc1)[C@H](Cc1ccccc1)C(=O)NC1CCCCC1)S(=O)(=O)c1ccc(C)cc1. The van der Waals surface area contributed by atoms with Gasteiger partial charge in [-0.05, 0) is 62.1 Å². The molecule has 0 heterocycles. The van der Waals surface area contributed by atoms with E-state index in [4.69, 9.17) is 4.74 Å². The van der Waals surface area contributed by atoms with Crippen molar-refractivity contribution >= 4 is 27.5 Å². The molecule has 8 nitrogen and oxygen atoms in total. The van der Waals surface area contributed by atoms with Crippen LogP contribution in [0, 0.1) is 6.92 Å². The van der Waals surface area contributed by atoms with Gasteiger partial charge in [0.1, 0.15) is 18.3 Å². The predicted octanol–water partition coefficient (Wildman–Crippen LogP) is 6.68. The maximum absolute atomic E-state index is 14.8. The molecule has 1 atom stereocenters. The highest BCUT2D eigenvalue weighted by Gasteiger charge is 2.36. The molecule has 9 heteroatoms. The van der Waals surface area contributed by atoms with Gasteiger partial charge in [0.25, 0.3) is 10.0 Å². The number of benzene rings is 4. The lowest BCUT2D eigenvalue weighted by Crippen LogP contribution is -2.55. The third-order valence-electron chi connectivity index (χ3n) is 8.74. The molecule has 1 aliphatic rings. The van der Waals surface area contributed by atoms with E-state index in [0.29, 0.717) is 12.4 Å². The third-order valence-corrected chi connectivity index (χ3v) is 10.5. The quantitative estimate of drug-likeness (QED) is 0.162. The molecule has 2 amide bonds. The number of carbonyl (C=O) groups excluding carboxylic acids is 2. The van der Waals surface area contributed by atoms with Crippen LogP contribution in [-0.2, 0) is 32.6 Å². The number of hydrogen-bond acceptors (Lipinski definition) is 5. The van der Waals surface area contributed by atoms with E-state index in [1.807, 2.05) is 74.5 Å². The molecule has 0 aliphatic heterocycles. The van der Waals surface area contributed by atoms with Gasteiger partial charge in [-0.1, -0.05) is 110 Å². The number of nitrogens with one attached hydrogen (secondary N) is 1. The molecule has 0 spiro atoms. The number of hydrogen-bond donors (Lipinski definition) is 1. The van der Waals surface area contributed by atoms with Crippen LogP contribution in [0.1, 0.15) is 55.7 Å². The molecule has 5 rings (SSSR count). The van der Waals surface area contributed by atoms with E-state index in [1.54, 1.807) is 53.4 Å². The number of aryl methyl sites for hydroxylation is 1. The molecule has 4 aromatic carbocycles. The number of nitrogens with zero attached hydrogens (tertiary/aromatic N) is 2. The van der Waals surface area contributed by atoms with Crippen LogP contribution in [0.25, 0.3) is 0 Å². The van der Waals surface area contributed by atoms with Crippen LogP contribution >= 0.6 is 0 Å². The summed E-state index contributed by atoms with van der Waals surface area (Å²) in [6, 6.07) is 31.6. The first kappa shape index (κ1) is 34.7. The van der Waals surface area contributed by atoms with Crippen molar-refractivity contribution in [3.05, 3.63) is 126 Å². The van der Waals surface area contributed by atoms with Gasteiger partial charge in [-0.25, -0.2) is 8.42 Å². The van der Waals surface area contributed by atoms with Crippen molar-refractivity contribution in [1.82, 2.24) is 10.2 Å². The minimum absolute atomic E-state index is 0.0367. The monoisotopic (exact) mass is 667 g/mol. The average molecular weight is 668 g/mol. The standard InChI is InChI=1S/C39H45N3O5S/c1-3-47-37-22-14-13-21-35(37)42(48(45,46)34-25-23-30(2)24-26-34)29-38(43)41(28-32-17-9-5-10-18-32)36(27-31-15-7-4-8-16-31)39(44)40-33-19-11-6-12-20-33/h4-5,7-10,13-18,21-26,33,36H,3,6,11-12,19-20,27-29H2,1-2H3,(H,40,44)/t36-/m1/s1. The zero-order valence-corrected chi connectivity index (χ0v) is 28.6. The zero-order valence-electron chi connectivity index (χ0n) is 27.8. The third kappa shape index (κ3) is 8.83. The van der Waals surface area contributed by atoms with Crippen LogP contribution in [0.5, 0.6) is 5.75 Å². The molecule has 1 aliphatic carbocycles. The van der Waals surface area contributed by atoms with E-state index in [-0.39, 0.29) is 35.5 Å². The Morgan fingerprint density at radius 3 is 2.06 bits per heavy atom. The molecule has 252 valence electrons. The fourth-order valence-electron chi connectivity index (χ4n) is 6.17. The molecular weight excluding hydrogens is 623 g/mol. The minimum Gasteiger partial charge on any atom is -0.492 e. The van der Waals surface area contributed by atoms with Crippen molar-refractivity contribution in [1.29, 1.82) is 0 Å². The lowest BCUT2D eigenvalue weighted by Gasteiger charge is -2.35. The Morgan fingerprint density at radius 2 is 1.42 bits per heavy atom. The second-order valence-electron chi connectivity index (χ2n) is 12.3. The van der Waals surface area contributed by atoms with Crippen molar-refractivity contribution in [2.45, 2.75) is 75.9 Å². The molecule has 1 fully saturated rings. The van der Waals surface area contributed by atoms with Crippen LogP contribution in [0.2, 0.25) is 0 Å². The highest BCUT2D eigenvalue weighted by molar-refractivity contribution is 7.92. The summed E-state index contributed by atoms with van der Waals surface area (Å²) in [4.78, 5) is 30.6. The van der Waals surface area contributed by atoms with Gasteiger partial charge < -0.3 is 15.0 Å². The van der Waals surface area contributed by atoms with E-state index in [0.717, 1.165) is 53.1 Å². The van der Waals surface area contributed by atoms with E-state index in [2.05, 4.69) is 5.32 Å². The van der Waals surface area contributed by atoms with Crippen LogP contribution < -0.4 is 14.4 Å². The lowest BCUT2D eigenvalue weighted by atomic mass is 9.94. The Kier molecular flexibility index (Phi) is 11.9. The van der Waals surface area contributed by atoms with Crippen LogP contribution in [0.4, 0.5) is 5.69 Å². The number of para-hydroxylation sites is 2. The second kappa shape index (κ2) is 16.5. The van der Waals surface area contributed by atoms with Gasteiger partial charge in [-0.3, -0.25) is 13.9 Å². The maximum Gasteiger partial charge on any atom is 0.264 e. The molecule has 4 aromatic rings. The molecule has 1 saturated carbocycles. The Morgan fingerprint density at radius 1 is 0.812 bits per heavy atom. The number of sulfonamides is 1. The van der Waals surface area contributed by atoms with Crippen molar-refractivity contribution in [2.75, 3.05) is 17.5 Å². The Hall–Kier alpha value is -4.63. The number of rotatable bonds is 14. The van der Waals surface area contributed by atoms with Crippen molar-refractivity contribution in [2.24, 2.45) is 0 Å². The fourth-order valence-corrected chi connectivity index (χ4v) is 7.59. The van der Waals surface area contributed by atoms with Crippen LogP contribution in [0.3, 0.4) is 0 Å². The number of anilines is 1. The largest absolute Gasteiger partial charge is 0.492 e. The summed E-state index contributed by atoms with van der Waals surface area (Å²) in [5.41, 5.74) is 2.89. The molecule has 0 aromatic heterocycles. The summed E-state index contributed by atoms with van der Waals surface area (Å²) in [6.07, 6.45) is 5.31. The molecule has 0 unspecified atom stereocenters. The normalized spacial score (nSPS) is 14.1. The average Bonchev–Trinajstić information content (AvgIpc) is 3.10. The van der Waals surface area contributed by atoms with Gasteiger partial charge in [0, 0.05) is 19.0 Å². The summed E-state index contributed by atoms with van der Waals surface area (Å²) < 4.78 is 35.8. The number of amides is 2. The van der Waals surface area contributed by atoms with Gasteiger partial charge in [0.2, 0.25) is 11.8 Å². The minimum atomic E-state index is -4.24. The molecule has 0 bridgehead atoms. The number of carbonyl (C=O) groups is 2. The summed E-state index contributed by atoms with van der Waals surface area (Å²) in [5, 5.41) is 3.25.